The molecule has 2 N–H and O–H groups in total. The van der Waals surface area contributed by atoms with Crippen LogP contribution in [0.3, 0.4) is 0 Å². The van der Waals surface area contributed by atoms with E-state index in [0.29, 0.717) is 18.7 Å². The number of aryl methyl sites for hydroxylation is 1. The van der Waals surface area contributed by atoms with Crippen LogP contribution in [0, 0.1) is 6.92 Å². The zero-order chi connectivity index (χ0) is 16.8. The molecule has 5 nitrogen and oxygen atoms in total. The number of aromatic nitrogens is 1. The van der Waals surface area contributed by atoms with E-state index in [2.05, 4.69) is 15.6 Å². The second-order valence-corrected chi connectivity index (χ2v) is 5.58. The molecule has 122 valence electrons. The summed E-state index contributed by atoms with van der Waals surface area (Å²) in [4.78, 5) is 16.4. The summed E-state index contributed by atoms with van der Waals surface area (Å²) < 4.78 is 5.25. The number of hydrogen-bond donors (Lipinski definition) is 2. The maximum atomic E-state index is 12.1. The van der Waals surface area contributed by atoms with Crippen LogP contribution in [0.5, 0.6) is 0 Å². The number of amides is 1. The van der Waals surface area contributed by atoms with E-state index in [9.17, 15) is 4.79 Å². The van der Waals surface area contributed by atoms with Crippen LogP contribution >= 0.6 is 0 Å². The third kappa shape index (κ3) is 4.46. The zero-order valence-corrected chi connectivity index (χ0v) is 13.5. The smallest absolute Gasteiger partial charge is 0.228 e. The predicted octanol–water partition coefficient (Wildman–Crippen LogP) is 3.78. The van der Waals surface area contributed by atoms with Gasteiger partial charge in [0.15, 0.2) is 0 Å². The topological polar surface area (TPSA) is 67.2 Å². The highest BCUT2D eigenvalue weighted by atomic mass is 16.3. The first-order chi connectivity index (χ1) is 11.7. The minimum atomic E-state index is -0.0568. The molecule has 0 fully saturated rings. The first kappa shape index (κ1) is 15.8. The summed E-state index contributed by atoms with van der Waals surface area (Å²) in [6, 6.07) is 15.3. The number of carbonyl (C=O) groups excluding carboxylic acids is 1. The van der Waals surface area contributed by atoms with Gasteiger partial charge in [0, 0.05) is 0 Å². The third-order valence-electron chi connectivity index (χ3n) is 3.52. The average molecular weight is 321 g/mol. The van der Waals surface area contributed by atoms with Crippen LogP contribution in [0.1, 0.15) is 16.9 Å². The van der Waals surface area contributed by atoms with Crippen molar-refractivity contribution in [1.29, 1.82) is 0 Å². The van der Waals surface area contributed by atoms with Gasteiger partial charge in [-0.2, -0.15) is 0 Å². The zero-order valence-electron chi connectivity index (χ0n) is 13.5. The Hall–Kier alpha value is -3.08. The van der Waals surface area contributed by atoms with E-state index in [1.54, 1.807) is 12.5 Å². The Kier molecular flexibility index (Phi) is 4.91. The van der Waals surface area contributed by atoms with Crippen LogP contribution in [-0.2, 0) is 17.8 Å². The molecule has 0 aliphatic rings. The number of nitrogens with zero attached hydrogens (tertiary/aromatic N) is 1. The van der Waals surface area contributed by atoms with Gasteiger partial charge in [0.05, 0.1) is 31.1 Å². The normalized spacial score (nSPS) is 10.4. The summed E-state index contributed by atoms with van der Waals surface area (Å²) in [5.41, 5.74) is 2.82. The molecule has 0 bridgehead atoms. The van der Waals surface area contributed by atoms with E-state index in [1.165, 1.54) is 0 Å². The van der Waals surface area contributed by atoms with E-state index >= 15 is 0 Å². The highest BCUT2D eigenvalue weighted by Gasteiger charge is 2.05. The molecule has 0 saturated carbocycles. The number of nitrogens with one attached hydrogen (secondary N) is 2. The van der Waals surface area contributed by atoms with Gasteiger partial charge in [-0.25, -0.2) is 4.98 Å². The Morgan fingerprint density at radius 1 is 1.17 bits per heavy atom. The number of benzene rings is 1. The van der Waals surface area contributed by atoms with Crippen molar-refractivity contribution < 1.29 is 9.21 Å². The molecule has 0 radical (unpaired) electrons. The van der Waals surface area contributed by atoms with Crippen molar-refractivity contribution in [3.63, 3.8) is 0 Å². The highest BCUT2D eigenvalue weighted by molar-refractivity contribution is 5.92. The van der Waals surface area contributed by atoms with Gasteiger partial charge in [-0.3, -0.25) is 4.79 Å². The molecule has 0 unspecified atom stereocenters. The molecule has 3 aromatic rings. The first-order valence-electron chi connectivity index (χ1n) is 7.77. The lowest BCUT2D eigenvalue weighted by atomic mass is 10.1. The minimum Gasteiger partial charge on any atom is -0.467 e. The summed E-state index contributed by atoms with van der Waals surface area (Å²) in [5.74, 6) is 1.51. The van der Waals surface area contributed by atoms with Gasteiger partial charge in [-0.15, -0.1) is 0 Å². The van der Waals surface area contributed by atoms with E-state index < -0.39 is 0 Å². The predicted molar refractivity (Wildman–Crippen MR) is 93.8 cm³/mol. The van der Waals surface area contributed by atoms with Crippen molar-refractivity contribution in [1.82, 2.24) is 4.98 Å². The summed E-state index contributed by atoms with van der Waals surface area (Å²) in [6.45, 7) is 2.58. The molecular weight excluding hydrogens is 302 g/mol. The maximum Gasteiger partial charge on any atom is 0.228 e. The van der Waals surface area contributed by atoms with Crippen molar-refractivity contribution in [2.75, 3.05) is 10.6 Å². The van der Waals surface area contributed by atoms with Crippen LogP contribution in [0.25, 0.3) is 0 Å². The minimum absolute atomic E-state index is 0.0568. The van der Waals surface area contributed by atoms with Gasteiger partial charge >= 0.3 is 0 Å². The molecule has 1 aromatic carbocycles. The Labute approximate surface area is 140 Å². The molecule has 0 spiro atoms. The molecule has 0 aliphatic carbocycles. The molecule has 2 heterocycles. The third-order valence-corrected chi connectivity index (χ3v) is 3.52. The van der Waals surface area contributed by atoms with Gasteiger partial charge in [-0.05, 0) is 36.8 Å². The summed E-state index contributed by atoms with van der Waals surface area (Å²) >= 11 is 0. The summed E-state index contributed by atoms with van der Waals surface area (Å²) in [6.07, 6.45) is 3.62. The number of anilines is 2. The Bertz CT molecular complexity index is 796. The standard InChI is InChI=1S/C19H19N3O2/c1-14-4-2-5-15(10-14)11-19(23)22-16-7-8-18(20-12-16)21-13-17-6-3-9-24-17/h2-10,12H,11,13H2,1H3,(H,20,21)(H,22,23). The second kappa shape index (κ2) is 7.46. The van der Waals surface area contributed by atoms with E-state index in [-0.39, 0.29) is 5.91 Å². The van der Waals surface area contributed by atoms with Crippen molar-refractivity contribution in [2.24, 2.45) is 0 Å². The molecule has 24 heavy (non-hydrogen) atoms. The van der Waals surface area contributed by atoms with Crippen LogP contribution in [-0.4, -0.2) is 10.9 Å². The largest absolute Gasteiger partial charge is 0.467 e. The van der Waals surface area contributed by atoms with Crippen LogP contribution in [0.2, 0.25) is 0 Å². The average Bonchev–Trinajstić information content (AvgIpc) is 3.07. The van der Waals surface area contributed by atoms with Gasteiger partial charge in [-0.1, -0.05) is 29.8 Å². The van der Waals surface area contributed by atoms with Crippen LogP contribution < -0.4 is 10.6 Å². The molecule has 1 amide bonds. The van der Waals surface area contributed by atoms with Crippen molar-refractivity contribution >= 4 is 17.4 Å². The quantitative estimate of drug-likeness (QED) is 0.725. The summed E-state index contributed by atoms with van der Waals surface area (Å²) in [7, 11) is 0. The molecule has 5 heteroatoms. The van der Waals surface area contributed by atoms with Crippen LogP contribution in [0.15, 0.2) is 65.4 Å². The van der Waals surface area contributed by atoms with Crippen LogP contribution in [0.4, 0.5) is 11.5 Å². The number of carbonyl (C=O) groups is 1. The van der Waals surface area contributed by atoms with Crippen molar-refractivity contribution in [3.05, 3.63) is 77.9 Å². The molecule has 3 rings (SSSR count). The van der Waals surface area contributed by atoms with Gasteiger partial charge < -0.3 is 15.1 Å². The Morgan fingerprint density at radius 2 is 2.08 bits per heavy atom. The fourth-order valence-electron chi connectivity index (χ4n) is 2.38. The molecule has 0 atom stereocenters. The first-order valence-corrected chi connectivity index (χ1v) is 7.77. The highest BCUT2D eigenvalue weighted by Crippen LogP contribution is 2.12. The molecule has 2 aromatic heterocycles. The van der Waals surface area contributed by atoms with Gasteiger partial charge in [0.25, 0.3) is 0 Å². The van der Waals surface area contributed by atoms with Crippen molar-refractivity contribution in [3.8, 4) is 0 Å². The van der Waals surface area contributed by atoms with E-state index in [1.807, 2.05) is 55.5 Å². The van der Waals surface area contributed by atoms with Gasteiger partial charge in [0.1, 0.15) is 11.6 Å². The summed E-state index contributed by atoms with van der Waals surface area (Å²) in [5, 5.41) is 6.02. The number of pyridine rings is 1. The molecular formula is C19H19N3O2. The monoisotopic (exact) mass is 321 g/mol. The fourth-order valence-corrected chi connectivity index (χ4v) is 2.38. The lowest BCUT2D eigenvalue weighted by Gasteiger charge is -2.07. The SMILES string of the molecule is Cc1cccc(CC(=O)Nc2ccc(NCc3ccco3)nc2)c1. The van der Waals surface area contributed by atoms with Crippen molar-refractivity contribution in [2.45, 2.75) is 19.9 Å². The number of furan rings is 1. The Balaban J connectivity index is 1.52. The fraction of sp³-hybridized carbons (Fsp3) is 0.158. The molecule has 0 saturated heterocycles. The van der Waals surface area contributed by atoms with E-state index in [0.717, 1.165) is 22.7 Å². The lowest BCUT2D eigenvalue weighted by molar-refractivity contribution is -0.115. The van der Waals surface area contributed by atoms with E-state index in [4.69, 9.17) is 4.42 Å². The number of hydrogen-bond acceptors (Lipinski definition) is 4. The maximum absolute atomic E-state index is 12.1. The lowest BCUT2D eigenvalue weighted by Crippen LogP contribution is -2.14. The Morgan fingerprint density at radius 3 is 2.79 bits per heavy atom. The number of rotatable bonds is 6. The van der Waals surface area contributed by atoms with Gasteiger partial charge in [0.2, 0.25) is 5.91 Å². The second-order valence-electron chi connectivity index (χ2n) is 5.58. The molecule has 0 aliphatic heterocycles.